The van der Waals surface area contributed by atoms with Crippen LogP contribution >= 0.6 is 0 Å². The van der Waals surface area contributed by atoms with Crippen LogP contribution in [0.5, 0.6) is 0 Å². The Morgan fingerprint density at radius 2 is 0.760 bits per heavy atom. The smallest absolute Gasteiger partial charge is 0.0958 e. The minimum atomic E-state index is -0.289. The second-order valence-corrected chi connectivity index (χ2v) is 8.26. The maximum absolute atomic E-state index is 12.7. The fourth-order valence-corrected chi connectivity index (χ4v) is 3.90. The van der Waals surface area contributed by atoms with Crippen molar-refractivity contribution in [2.24, 2.45) is 5.92 Å². The lowest BCUT2D eigenvalue weighted by Gasteiger charge is -2.21. The van der Waals surface area contributed by atoms with E-state index in [1.54, 1.807) is 0 Å². The van der Waals surface area contributed by atoms with Gasteiger partial charge in [0.25, 0.3) is 0 Å². The van der Waals surface area contributed by atoms with Crippen molar-refractivity contribution in [2.75, 3.05) is 0 Å². The first-order valence-electron chi connectivity index (χ1n) is 11.9. The number of rotatable bonds is 20. The molecule has 0 heterocycles. The van der Waals surface area contributed by atoms with Crippen molar-refractivity contribution in [3.05, 3.63) is 0 Å². The summed E-state index contributed by atoms with van der Waals surface area (Å²) >= 11 is 0. The summed E-state index contributed by atoms with van der Waals surface area (Å²) in [4.78, 5) is 0. The first-order chi connectivity index (χ1) is 12.3. The zero-order chi connectivity index (χ0) is 18.6. The van der Waals surface area contributed by atoms with Crippen LogP contribution in [-0.4, -0.2) is 6.10 Å². The van der Waals surface area contributed by atoms with Gasteiger partial charge < -0.3 is 0 Å². The molecule has 0 saturated heterocycles. The maximum Gasteiger partial charge on any atom is 0.0958 e. The summed E-state index contributed by atoms with van der Waals surface area (Å²) in [5.41, 5.74) is 0. The highest BCUT2D eigenvalue weighted by molar-refractivity contribution is 4.70. The molecule has 0 aromatic rings. The molecule has 0 aliphatic rings. The van der Waals surface area contributed by atoms with Crippen molar-refractivity contribution < 1.29 is 5.11 Å². The Morgan fingerprint density at radius 3 is 1.20 bits per heavy atom. The van der Waals surface area contributed by atoms with Crippen LogP contribution in [-0.2, 0) is 5.11 Å². The molecule has 1 nitrogen and oxygen atoms in total. The Labute approximate surface area is 160 Å². The lowest BCUT2D eigenvalue weighted by atomic mass is 9.87. The quantitative estimate of drug-likeness (QED) is 0.195. The van der Waals surface area contributed by atoms with Gasteiger partial charge >= 0.3 is 0 Å². The van der Waals surface area contributed by atoms with Crippen molar-refractivity contribution >= 4 is 0 Å². The summed E-state index contributed by atoms with van der Waals surface area (Å²) in [6.07, 6.45) is 24.2. The van der Waals surface area contributed by atoms with Crippen molar-refractivity contribution in [3.8, 4) is 0 Å². The van der Waals surface area contributed by atoms with E-state index in [2.05, 4.69) is 20.8 Å². The van der Waals surface area contributed by atoms with Crippen molar-refractivity contribution in [1.82, 2.24) is 0 Å². The molecule has 0 rings (SSSR count). The second-order valence-electron chi connectivity index (χ2n) is 8.26. The molecule has 0 aliphatic carbocycles. The number of hydrogen-bond acceptors (Lipinski definition) is 0. The first-order valence-corrected chi connectivity index (χ1v) is 11.9. The van der Waals surface area contributed by atoms with Gasteiger partial charge in [0, 0.05) is 0 Å². The van der Waals surface area contributed by atoms with E-state index < -0.39 is 0 Å². The molecule has 1 atom stereocenters. The van der Waals surface area contributed by atoms with Gasteiger partial charge in [-0.25, -0.2) is 5.11 Å². The van der Waals surface area contributed by atoms with E-state index in [9.17, 15) is 5.11 Å². The largest absolute Gasteiger partial charge is 0.233 e. The zero-order valence-corrected chi connectivity index (χ0v) is 18.0. The van der Waals surface area contributed by atoms with E-state index in [-0.39, 0.29) is 6.10 Å². The average molecular weight is 354 g/mol. The van der Waals surface area contributed by atoms with E-state index in [4.69, 9.17) is 0 Å². The van der Waals surface area contributed by atoms with Crippen LogP contribution in [0.1, 0.15) is 143 Å². The molecule has 0 aromatic carbocycles. The van der Waals surface area contributed by atoms with Crippen LogP contribution in [0, 0.1) is 5.92 Å². The van der Waals surface area contributed by atoms with Crippen LogP contribution in [0.3, 0.4) is 0 Å². The highest BCUT2D eigenvalue weighted by atomic mass is 16.3. The first kappa shape index (κ1) is 25.0. The highest BCUT2D eigenvalue weighted by Gasteiger charge is 2.19. The van der Waals surface area contributed by atoms with Crippen LogP contribution in [0.2, 0.25) is 0 Å². The molecule has 0 N–H and O–H groups in total. The molecule has 0 saturated carbocycles. The Kier molecular flexibility index (Phi) is 20.2. The Bertz CT molecular complexity index is 222. The normalized spacial score (nSPS) is 12.8. The molecule has 1 radical (unpaired) electrons. The molecule has 0 amide bonds. The van der Waals surface area contributed by atoms with Crippen LogP contribution in [0.4, 0.5) is 0 Å². The van der Waals surface area contributed by atoms with Gasteiger partial charge in [-0.3, -0.25) is 0 Å². The fraction of sp³-hybridized carbons (Fsp3) is 1.00. The summed E-state index contributed by atoms with van der Waals surface area (Å²) in [6, 6.07) is 0. The predicted molar refractivity (Wildman–Crippen MR) is 113 cm³/mol. The molecule has 151 valence electrons. The topological polar surface area (TPSA) is 19.9 Å². The summed E-state index contributed by atoms with van der Waals surface area (Å²) in [6.45, 7) is 6.79. The minimum Gasteiger partial charge on any atom is -0.233 e. The molecule has 1 heteroatoms. The van der Waals surface area contributed by atoms with Crippen molar-refractivity contribution in [2.45, 2.75) is 149 Å². The van der Waals surface area contributed by atoms with Crippen LogP contribution in [0.25, 0.3) is 0 Å². The molecule has 25 heavy (non-hydrogen) atoms. The molecule has 1 unspecified atom stereocenters. The predicted octanol–water partition coefficient (Wildman–Crippen LogP) is 8.87. The third-order valence-corrected chi connectivity index (χ3v) is 5.72. The van der Waals surface area contributed by atoms with E-state index in [0.717, 1.165) is 12.8 Å². The van der Waals surface area contributed by atoms with E-state index in [1.807, 2.05) is 0 Å². The summed E-state index contributed by atoms with van der Waals surface area (Å²) < 4.78 is 0. The SMILES string of the molecule is CCCCCCCCC(CCCCCCCC)C([O])CCCCCC. The lowest BCUT2D eigenvalue weighted by molar-refractivity contribution is 0.0189. The lowest BCUT2D eigenvalue weighted by Crippen LogP contribution is -2.19. The van der Waals surface area contributed by atoms with Crippen LogP contribution in [0.15, 0.2) is 0 Å². The van der Waals surface area contributed by atoms with E-state index >= 15 is 0 Å². The van der Waals surface area contributed by atoms with E-state index in [0.29, 0.717) is 5.92 Å². The standard InChI is InChI=1S/C24H49O/c1-4-7-10-13-15-17-20-23(21-18-16-14-11-8-5-2)24(25)22-19-12-9-6-3/h23-24H,4-22H2,1-3H3. The summed E-state index contributed by atoms with van der Waals surface area (Å²) in [7, 11) is 0. The fourth-order valence-electron chi connectivity index (χ4n) is 3.90. The van der Waals surface area contributed by atoms with Gasteiger partial charge in [-0.15, -0.1) is 0 Å². The van der Waals surface area contributed by atoms with Gasteiger partial charge in [0.05, 0.1) is 6.10 Å². The van der Waals surface area contributed by atoms with Gasteiger partial charge in [-0.1, -0.05) is 124 Å². The molecule has 0 spiro atoms. The highest BCUT2D eigenvalue weighted by Crippen LogP contribution is 2.25. The van der Waals surface area contributed by atoms with Gasteiger partial charge in [-0.05, 0) is 25.2 Å². The molecular formula is C24H49O. The van der Waals surface area contributed by atoms with Gasteiger partial charge in [0.2, 0.25) is 0 Å². The Morgan fingerprint density at radius 1 is 0.440 bits per heavy atom. The Hall–Kier alpha value is -0.0400. The average Bonchev–Trinajstić information content (AvgIpc) is 2.62. The van der Waals surface area contributed by atoms with Gasteiger partial charge in [0.1, 0.15) is 0 Å². The van der Waals surface area contributed by atoms with E-state index in [1.165, 1.54) is 109 Å². The third-order valence-electron chi connectivity index (χ3n) is 5.72. The third kappa shape index (κ3) is 17.1. The number of hydrogen-bond donors (Lipinski definition) is 0. The molecule has 0 fully saturated rings. The summed E-state index contributed by atoms with van der Waals surface area (Å²) in [5, 5.41) is 12.7. The number of unbranched alkanes of at least 4 members (excludes halogenated alkanes) is 13. The Balaban J connectivity index is 3.98. The molecular weight excluding hydrogens is 304 g/mol. The minimum absolute atomic E-state index is 0.289. The van der Waals surface area contributed by atoms with Crippen LogP contribution < -0.4 is 0 Å². The maximum atomic E-state index is 12.7. The molecule has 0 bridgehead atoms. The van der Waals surface area contributed by atoms with Crippen molar-refractivity contribution in [1.29, 1.82) is 0 Å². The monoisotopic (exact) mass is 353 g/mol. The summed E-state index contributed by atoms with van der Waals surface area (Å²) in [5.74, 6) is 0.457. The second kappa shape index (κ2) is 20.3. The van der Waals surface area contributed by atoms with Gasteiger partial charge in [0.15, 0.2) is 0 Å². The van der Waals surface area contributed by atoms with Gasteiger partial charge in [-0.2, -0.15) is 0 Å². The molecule has 0 aliphatic heterocycles. The zero-order valence-electron chi connectivity index (χ0n) is 18.0. The van der Waals surface area contributed by atoms with Crippen molar-refractivity contribution in [3.63, 3.8) is 0 Å². The molecule has 0 aromatic heterocycles.